The van der Waals surface area contributed by atoms with E-state index in [0.29, 0.717) is 5.92 Å². The maximum atomic E-state index is 12.4. The summed E-state index contributed by atoms with van der Waals surface area (Å²) in [6.45, 7) is 3.84. The molecule has 1 amide bonds. The zero-order chi connectivity index (χ0) is 17.2. The molecule has 1 atom stereocenters. The molecular weight excluding hydrogens is 318 g/mol. The summed E-state index contributed by atoms with van der Waals surface area (Å²) in [6, 6.07) is 13.8. The lowest BCUT2D eigenvalue weighted by Gasteiger charge is -2.17. The number of likely N-dealkylation sites (tertiary alicyclic amines) is 1. The number of fused-ring (bicyclic) bond motifs is 1. The van der Waals surface area contributed by atoms with Crippen LogP contribution < -0.4 is 14.2 Å². The Morgan fingerprint density at radius 3 is 2.96 bits per heavy atom. The highest BCUT2D eigenvalue weighted by molar-refractivity contribution is 5.78. The van der Waals surface area contributed by atoms with Gasteiger partial charge in [0.2, 0.25) is 6.79 Å². The first-order valence-electron chi connectivity index (χ1n) is 8.56. The zero-order valence-corrected chi connectivity index (χ0v) is 14.2. The van der Waals surface area contributed by atoms with Gasteiger partial charge in [-0.1, -0.05) is 18.2 Å². The number of amides is 1. The van der Waals surface area contributed by atoms with E-state index in [1.807, 2.05) is 48.2 Å². The molecule has 1 saturated heterocycles. The van der Waals surface area contributed by atoms with Crippen molar-refractivity contribution < 1.29 is 19.0 Å². The summed E-state index contributed by atoms with van der Waals surface area (Å²) in [5, 5.41) is 0. The van der Waals surface area contributed by atoms with E-state index in [-0.39, 0.29) is 19.3 Å². The van der Waals surface area contributed by atoms with Gasteiger partial charge < -0.3 is 19.1 Å². The number of carbonyl (C=O) groups excluding carboxylic acids is 1. The Balaban J connectivity index is 1.34. The Morgan fingerprint density at radius 2 is 2.08 bits per heavy atom. The van der Waals surface area contributed by atoms with E-state index in [0.717, 1.165) is 42.3 Å². The molecule has 5 heteroatoms. The summed E-state index contributed by atoms with van der Waals surface area (Å²) in [6.07, 6.45) is 0.954. The lowest BCUT2D eigenvalue weighted by molar-refractivity contribution is -0.132. The number of aryl methyl sites for hydroxylation is 1. The van der Waals surface area contributed by atoms with Gasteiger partial charge in [0.15, 0.2) is 18.1 Å². The highest BCUT2D eigenvalue weighted by Gasteiger charge is 2.28. The topological polar surface area (TPSA) is 48.0 Å². The summed E-state index contributed by atoms with van der Waals surface area (Å²) < 4.78 is 16.4. The van der Waals surface area contributed by atoms with Crippen molar-refractivity contribution >= 4 is 5.91 Å². The first-order chi connectivity index (χ1) is 12.2. The molecular formula is C20H21NO4. The van der Waals surface area contributed by atoms with E-state index < -0.39 is 0 Å². The Hall–Kier alpha value is -2.69. The molecule has 0 saturated carbocycles. The Kier molecular flexibility index (Phi) is 4.22. The Bertz CT molecular complexity index is 789. The SMILES string of the molecule is Cc1cccc(OCC(=O)N2CCC(c3ccc4c(c3)OCO4)C2)c1. The Labute approximate surface area is 147 Å². The van der Waals surface area contributed by atoms with Crippen LogP contribution in [0.1, 0.15) is 23.5 Å². The number of nitrogens with zero attached hydrogens (tertiary/aromatic N) is 1. The van der Waals surface area contributed by atoms with E-state index >= 15 is 0 Å². The van der Waals surface area contributed by atoms with Crippen LogP contribution >= 0.6 is 0 Å². The maximum Gasteiger partial charge on any atom is 0.260 e. The molecule has 1 unspecified atom stereocenters. The molecule has 0 spiro atoms. The van der Waals surface area contributed by atoms with Crippen LogP contribution in [-0.4, -0.2) is 37.3 Å². The molecule has 0 aromatic heterocycles. The molecule has 2 aliphatic rings. The first-order valence-corrected chi connectivity index (χ1v) is 8.56. The zero-order valence-electron chi connectivity index (χ0n) is 14.2. The van der Waals surface area contributed by atoms with Gasteiger partial charge in [0.1, 0.15) is 5.75 Å². The second kappa shape index (κ2) is 6.67. The summed E-state index contributed by atoms with van der Waals surface area (Å²) in [4.78, 5) is 14.3. The van der Waals surface area contributed by atoms with Crippen LogP contribution in [0.15, 0.2) is 42.5 Å². The molecule has 0 bridgehead atoms. The Morgan fingerprint density at radius 1 is 1.20 bits per heavy atom. The highest BCUT2D eigenvalue weighted by Crippen LogP contribution is 2.37. The van der Waals surface area contributed by atoms with Crippen molar-refractivity contribution in [1.29, 1.82) is 0 Å². The second-order valence-electron chi connectivity index (χ2n) is 6.54. The molecule has 25 heavy (non-hydrogen) atoms. The highest BCUT2D eigenvalue weighted by atomic mass is 16.7. The molecule has 1 fully saturated rings. The summed E-state index contributed by atoms with van der Waals surface area (Å²) in [5.74, 6) is 2.69. The van der Waals surface area contributed by atoms with Crippen LogP contribution in [0.2, 0.25) is 0 Å². The molecule has 2 heterocycles. The van der Waals surface area contributed by atoms with Crippen molar-refractivity contribution in [2.45, 2.75) is 19.3 Å². The summed E-state index contributed by atoms with van der Waals surface area (Å²) in [7, 11) is 0. The van der Waals surface area contributed by atoms with Crippen LogP contribution in [0.4, 0.5) is 0 Å². The van der Waals surface area contributed by atoms with Crippen LogP contribution in [0, 0.1) is 6.92 Å². The minimum atomic E-state index is 0.0322. The molecule has 0 aliphatic carbocycles. The van der Waals surface area contributed by atoms with E-state index in [1.54, 1.807) is 0 Å². The summed E-state index contributed by atoms with van der Waals surface area (Å²) >= 11 is 0. The normalized spacial score (nSPS) is 18.4. The molecule has 2 aromatic rings. The largest absolute Gasteiger partial charge is 0.484 e. The lowest BCUT2D eigenvalue weighted by atomic mass is 9.98. The molecule has 0 radical (unpaired) electrons. The average Bonchev–Trinajstić information content (AvgIpc) is 3.28. The van der Waals surface area contributed by atoms with E-state index in [9.17, 15) is 4.79 Å². The number of benzene rings is 2. The van der Waals surface area contributed by atoms with Crippen LogP contribution in [0.3, 0.4) is 0 Å². The van der Waals surface area contributed by atoms with Gasteiger partial charge in [0.05, 0.1) is 0 Å². The fourth-order valence-corrected chi connectivity index (χ4v) is 3.37. The van der Waals surface area contributed by atoms with Gasteiger partial charge in [-0.25, -0.2) is 0 Å². The number of hydrogen-bond donors (Lipinski definition) is 0. The quantitative estimate of drug-likeness (QED) is 0.859. The first kappa shape index (κ1) is 15.8. The standard InChI is InChI=1S/C20H21NO4/c1-14-3-2-4-17(9-14)23-12-20(22)21-8-7-16(11-21)15-5-6-18-19(10-15)25-13-24-18/h2-6,9-10,16H,7-8,11-13H2,1H3. The van der Waals surface area contributed by atoms with Crippen molar-refractivity contribution in [2.75, 3.05) is 26.5 Å². The fourth-order valence-electron chi connectivity index (χ4n) is 3.37. The number of carbonyl (C=O) groups is 1. The van der Waals surface area contributed by atoms with Gasteiger partial charge in [-0.05, 0) is 48.7 Å². The van der Waals surface area contributed by atoms with E-state index in [1.165, 1.54) is 5.56 Å². The molecule has 5 nitrogen and oxygen atoms in total. The lowest BCUT2D eigenvalue weighted by Crippen LogP contribution is -2.32. The number of rotatable bonds is 4. The van der Waals surface area contributed by atoms with Gasteiger partial charge in [-0.3, -0.25) is 4.79 Å². The molecule has 130 valence electrons. The van der Waals surface area contributed by atoms with Crippen LogP contribution in [0.5, 0.6) is 17.2 Å². The van der Waals surface area contributed by atoms with Crippen molar-refractivity contribution in [3.8, 4) is 17.2 Å². The predicted octanol–water partition coefficient (Wildman–Crippen LogP) is 3.12. The molecule has 2 aromatic carbocycles. The molecule has 2 aliphatic heterocycles. The summed E-state index contributed by atoms with van der Waals surface area (Å²) in [5.41, 5.74) is 2.31. The van der Waals surface area contributed by atoms with Gasteiger partial charge in [0.25, 0.3) is 5.91 Å². The third-order valence-electron chi connectivity index (χ3n) is 4.76. The third-order valence-corrected chi connectivity index (χ3v) is 4.76. The average molecular weight is 339 g/mol. The third kappa shape index (κ3) is 3.40. The number of ether oxygens (including phenoxy) is 3. The predicted molar refractivity (Wildman–Crippen MR) is 93.2 cm³/mol. The van der Waals surface area contributed by atoms with Gasteiger partial charge in [0, 0.05) is 19.0 Å². The van der Waals surface area contributed by atoms with E-state index in [4.69, 9.17) is 14.2 Å². The minimum Gasteiger partial charge on any atom is -0.484 e. The molecule has 0 N–H and O–H groups in total. The van der Waals surface area contributed by atoms with Crippen molar-refractivity contribution in [1.82, 2.24) is 4.90 Å². The van der Waals surface area contributed by atoms with Gasteiger partial charge in [-0.2, -0.15) is 0 Å². The second-order valence-corrected chi connectivity index (χ2v) is 6.54. The maximum absolute atomic E-state index is 12.4. The fraction of sp³-hybridized carbons (Fsp3) is 0.350. The van der Waals surface area contributed by atoms with Gasteiger partial charge >= 0.3 is 0 Å². The van der Waals surface area contributed by atoms with E-state index in [2.05, 4.69) is 6.07 Å². The van der Waals surface area contributed by atoms with Crippen LogP contribution in [0.25, 0.3) is 0 Å². The van der Waals surface area contributed by atoms with Crippen LogP contribution in [-0.2, 0) is 4.79 Å². The smallest absolute Gasteiger partial charge is 0.260 e. The minimum absolute atomic E-state index is 0.0322. The van der Waals surface area contributed by atoms with Gasteiger partial charge in [-0.15, -0.1) is 0 Å². The molecule has 4 rings (SSSR count). The van der Waals surface area contributed by atoms with Crippen molar-refractivity contribution in [3.63, 3.8) is 0 Å². The number of hydrogen-bond acceptors (Lipinski definition) is 4. The van der Waals surface area contributed by atoms with Crippen molar-refractivity contribution in [3.05, 3.63) is 53.6 Å². The van der Waals surface area contributed by atoms with Crippen molar-refractivity contribution in [2.24, 2.45) is 0 Å². The monoisotopic (exact) mass is 339 g/mol.